The maximum Gasteiger partial charge on any atom is 0.241 e. The monoisotopic (exact) mass is 438 g/mol. The van der Waals surface area contributed by atoms with E-state index in [0.717, 1.165) is 40.7 Å². The van der Waals surface area contributed by atoms with Crippen LogP contribution in [0, 0.1) is 40.5 Å². The quantitative estimate of drug-likeness (QED) is 0.738. The number of hydrogen-bond donors (Lipinski definition) is 1. The average molecular weight is 439 g/mol. The molecule has 0 aliphatic carbocycles. The molecule has 0 bridgehead atoms. The number of carbonyl (C=O) groups excluding carboxylic acids is 1. The number of nitrogens with one attached hydrogen (secondary N) is 1. The van der Waals surface area contributed by atoms with Gasteiger partial charge in [-0.25, -0.2) is 13.1 Å². The highest BCUT2D eigenvalue weighted by atomic mass is 32.2. The van der Waals surface area contributed by atoms with Gasteiger partial charge in [-0.2, -0.15) is 0 Å². The third-order valence-electron chi connectivity index (χ3n) is 6.76. The van der Waals surface area contributed by atoms with E-state index in [2.05, 4.69) is 4.72 Å². The molecule has 3 rings (SSSR count). The molecular formula is C22H34N2O5S. The third kappa shape index (κ3) is 4.72. The second-order valence-electron chi connectivity index (χ2n) is 8.43. The van der Waals surface area contributed by atoms with Gasteiger partial charge in [-0.3, -0.25) is 4.79 Å². The molecule has 1 N–H and O–H groups in total. The van der Waals surface area contributed by atoms with E-state index >= 15 is 0 Å². The molecule has 2 aliphatic heterocycles. The molecule has 30 heavy (non-hydrogen) atoms. The second-order valence-corrected chi connectivity index (χ2v) is 10.1. The second kappa shape index (κ2) is 9.34. The summed E-state index contributed by atoms with van der Waals surface area (Å²) in [4.78, 5) is 14.7. The number of amides is 1. The van der Waals surface area contributed by atoms with Gasteiger partial charge in [0.2, 0.25) is 15.9 Å². The number of likely N-dealkylation sites (tertiary alicyclic amines) is 1. The lowest BCUT2D eigenvalue weighted by atomic mass is 9.95. The average Bonchev–Trinajstić information content (AvgIpc) is 3.25. The third-order valence-corrected chi connectivity index (χ3v) is 8.49. The summed E-state index contributed by atoms with van der Waals surface area (Å²) in [5.41, 5.74) is 4.65. The molecule has 0 unspecified atom stereocenters. The van der Waals surface area contributed by atoms with Gasteiger partial charge < -0.3 is 14.4 Å². The van der Waals surface area contributed by atoms with E-state index in [1.165, 1.54) is 0 Å². The van der Waals surface area contributed by atoms with Gasteiger partial charge in [0.25, 0.3) is 0 Å². The SMILES string of the molecule is Cc1c(C)c(C)c(S(=O)(=O)NCCC(=O)N2CCC(C3OCCO3)CC2)c(C)c1C. The number of sulfonamides is 1. The molecular weight excluding hydrogens is 404 g/mol. The molecule has 0 atom stereocenters. The van der Waals surface area contributed by atoms with E-state index in [1.807, 2.05) is 39.5 Å². The summed E-state index contributed by atoms with van der Waals surface area (Å²) >= 11 is 0. The minimum atomic E-state index is -3.68. The molecule has 1 aromatic rings. The van der Waals surface area contributed by atoms with Gasteiger partial charge in [-0.1, -0.05) is 0 Å². The van der Waals surface area contributed by atoms with Crippen LogP contribution in [0.2, 0.25) is 0 Å². The lowest BCUT2D eigenvalue weighted by Gasteiger charge is -2.34. The standard InChI is InChI=1S/C22H34N2O5S/c1-14-15(2)17(4)21(18(5)16(14)3)30(26,27)23-9-6-20(25)24-10-7-19(8-11-24)22-28-12-13-29-22/h19,22-23H,6-13H2,1-5H3. The molecule has 2 saturated heterocycles. The smallest absolute Gasteiger partial charge is 0.241 e. The van der Waals surface area contributed by atoms with Crippen molar-refractivity contribution in [3.63, 3.8) is 0 Å². The molecule has 1 aromatic carbocycles. The Bertz CT molecular complexity index is 870. The van der Waals surface area contributed by atoms with Crippen molar-refractivity contribution < 1.29 is 22.7 Å². The maximum absolute atomic E-state index is 13.0. The molecule has 0 aromatic heterocycles. The zero-order valence-electron chi connectivity index (χ0n) is 18.7. The summed E-state index contributed by atoms with van der Waals surface area (Å²) in [6.07, 6.45) is 1.72. The van der Waals surface area contributed by atoms with Gasteiger partial charge in [-0.15, -0.1) is 0 Å². The molecule has 2 heterocycles. The highest BCUT2D eigenvalue weighted by molar-refractivity contribution is 7.89. The van der Waals surface area contributed by atoms with Crippen molar-refractivity contribution in [2.45, 2.75) is 65.1 Å². The Morgan fingerprint density at radius 2 is 1.43 bits per heavy atom. The van der Waals surface area contributed by atoms with E-state index in [4.69, 9.17) is 9.47 Å². The van der Waals surface area contributed by atoms with Gasteiger partial charge in [0.15, 0.2) is 6.29 Å². The van der Waals surface area contributed by atoms with E-state index in [-0.39, 0.29) is 25.2 Å². The fourth-order valence-corrected chi connectivity index (χ4v) is 6.09. The number of piperidine rings is 1. The minimum absolute atomic E-state index is 0.0193. The zero-order valence-corrected chi connectivity index (χ0v) is 19.5. The molecule has 0 saturated carbocycles. The fraction of sp³-hybridized carbons (Fsp3) is 0.682. The first-order chi connectivity index (χ1) is 14.1. The van der Waals surface area contributed by atoms with Crippen LogP contribution in [0.1, 0.15) is 47.1 Å². The Kier molecular flexibility index (Phi) is 7.22. The number of benzene rings is 1. The molecule has 2 fully saturated rings. The van der Waals surface area contributed by atoms with Crippen LogP contribution < -0.4 is 4.72 Å². The van der Waals surface area contributed by atoms with Crippen LogP contribution in [0.4, 0.5) is 0 Å². The first kappa shape index (κ1) is 23.2. The van der Waals surface area contributed by atoms with Crippen LogP contribution in [0.25, 0.3) is 0 Å². The van der Waals surface area contributed by atoms with Crippen LogP contribution in [-0.2, 0) is 24.3 Å². The van der Waals surface area contributed by atoms with Crippen molar-refractivity contribution in [1.82, 2.24) is 9.62 Å². The van der Waals surface area contributed by atoms with Crippen LogP contribution in [0.15, 0.2) is 4.90 Å². The highest BCUT2D eigenvalue weighted by Crippen LogP contribution is 2.29. The number of hydrogen-bond acceptors (Lipinski definition) is 5. The lowest BCUT2D eigenvalue weighted by molar-refractivity contribution is -0.136. The van der Waals surface area contributed by atoms with Crippen LogP contribution in [0.5, 0.6) is 0 Å². The maximum atomic E-state index is 13.0. The predicted molar refractivity (Wildman–Crippen MR) is 115 cm³/mol. The Labute approximate surface area is 180 Å². The molecule has 2 aliphatic rings. The summed E-state index contributed by atoms with van der Waals surface area (Å²) < 4.78 is 39.7. The van der Waals surface area contributed by atoms with E-state index in [9.17, 15) is 13.2 Å². The number of carbonyl (C=O) groups is 1. The van der Waals surface area contributed by atoms with Gasteiger partial charge in [0, 0.05) is 32.0 Å². The summed E-state index contributed by atoms with van der Waals surface area (Å²) in [6, 6.07) is 0. The first-order valence-corrected chi connectivity index (χ1v) is 12.2. The van der Waals surface area contributed by atoms with E-state index < -0.39 is 10.0 Å². The van der Waals surface area contributed by atoms with Crippen LogP contribution in [0.3, 0.4) is 0 Å². The summed E-state index contributed by atoms with van der Waals surface area (Å²) in [5.74, 6) is 0.308. The Morgan fingerprint density at radius 3 is 1.97 bits per heavy atom. The first-order valence-electron chi connectivity index (χ1n) is 10.7. The summed E-state index contributed by atoms with van der Waals surface area (Å²) in [6.45, 7) is 12.3. The summed E-state index contributed by atoms with van der Waals surface area (Å²) in [5, 5.41) is 0. The minimum Gasteiger partial charge on any atom is -0.350 e. The Morgan fingerprint density at radius 1 is 0.933 bits per heavy atom. The predicted octanol–water partition coefficient (Wildman–Crippen LogP) is 2.51. The lowest BCUT2D eigenvalue weighted by Crippen LogP contribution is -2.42. The summed E-state index contributed by atoms with van der Waals surface area (Å²) in [7, 11) is -3.68. The number of ether oxygens (including phenoxy) is 2. The highest BCUT2D eigenvalue weighted by Gasteiger charge is 2.32. The van der Waals surface area contributed by atoms with Crippen molar-refractivity contribution in [3.8, 4) is 0 Å². The van der Waals surface area contributed by atoms with Crippen molar-refractivity contribution >= 4 is 15.9 Å². The van der Waals surface area contributed by atoms with Crippen molar-refractivity contribution in [2.75, 3.05) is 32.8 Å². The van der Waals surface area contributed by atoms with E-state index in [0.29, 0.717) is 37.1 Å². The van der Waals surface area contributed by atoms with Crippen molar-refractivity contribution in [3.05, 3.63) is 27.8 Å². The Balaban J connectivity index is 1.55. The normalized spacial score (nSPS) is 18.9. The molecule has 0 radical (unpaired) electrons. The van der Waals surface area contributed by atoms with Crippen LogP contribution >= 0.6 is 0 Å². The molecule has 7 nitrogen and oxygen atoms in total. The van der Waals surface area contributed by atoms with Gasteiger partial charge in [0.1, 0.15) is 0 Å². The zero-order chi connectivity index (χ0) is 22.1. The molecule has 0 spiro atoms. The van der Waals surface area contributed by atoms with Gasteiger partial charge in [-0.05, 0) is 75.3 Å². The topological polar surface area (TPSA) is 84.9 Å². The molecule has 1 amide bonds. The van der Waals surface area contributed by atoms with Gasteiger partial charge >= 0.3 is 0 Å². The number of rotatable bonds is 6. The van der Waals surface area contributed by atoms with Gasteiger partial charge in [0.05, 0.1) is 18.1 Å². The number of nitrogens with zero attached hydrogens (tertiary/aromatic N) is 1. The molecule has 168 valence electrons. The van der Waals surface area contributed by atoms with Crippen molar-refractivity contribution in [1.29, 1.82) is 0 Å². The molecule has 8 heteroatoms. The largest absolute Gasteiger partial charge is 0.350 e. The van der Waals surface area contributed by atoms with Crippen molar-refractivity contribution in [2.24, 2.45) is 5.92 Å². The Hall–Kier alpha value is -1.48. The fourth-order valence-electron chi connectivity index (χ4n) is 4.46. The van der Waals surface area contributed by atoms with Crippen LogP contribution in [-0.4, -0.2) is 58.4 Å². The van der Waals surface area contributed by atoms with E-state index in [1.54, 1.807) is 0 Å².